The molecule has 0 fully saturated rings. The average Bonchev–Trinajstić information content (AvgIpc) is 2.53. The Labute approximate surface area is 140 Å². The van der Waals surface area contributed by atoms with Crippen molar-refractivity contribution in [1.29, 1.82) is 0 Å². The normalized spacial score (nSPS) is 12.9. The molecule has 0 N–H and O–H groups in total. The Bertz CT molecular complexity index is 760. The fraction of sp³-hybridized carbons (Fsp3) is 0.250. The van der Waals surface area contributed by atoms with Gasteiger partial charge in [0.25, 0.3) is 5.69 Å². The van der Waals surface area contributed by atoms with Crippen molar-refractivity contribution < 1.29 is 22.5 Å². The van der Waals surface area contributed by atoms with E-state index in [4.69, 9.17) is 0 Å². The summed E-state index contributed by atoms with van der Waals surface area (Å²) in [5.41, 5.74) is -0.827. The Balaban J connectivity index is 2.56. The molecule has 8 heteroatoms. The molecule has 1 atom stereocenters. The van der Waals surface area contributed by atoms with Crippen LogP contribution in [0.25, 0.3) is 11.1 Å². The summed E-state index contributed by atoms with van der Waals surface area (Å²) >= 11 is 4.26. The lowest BCUT2D eigenvalue weighted by molar-refractivity contribution is -0.385. The van der Waals surface area contributed by atoms with Crippen LogP contribution in [0.2, 0.25) is 0 Å². The number of benzene rings is 2. The number of thiol groups is 1. The van der Waals surface area contributed by atoms with Crippen LogP contribution < -0.4 is 0 Å². The maximum absolute atomic E-state index is 14.2. The monoisotopic (exact) mass is 359 g/mol. The Morgan fingerprint density at radius 2 is 1.79 bits per heavy atom. The highest BCUT2D eigenvalue weighted by Gasteiger charge is 2.30. The Morgan fingerprint density at radius 1 is 1.21 bits per heavy atom. The van der Waals surface area contributed by atoms with E-state index in [9.17, 15) is 27.7 Å². The maximum atomic E-state index is 14.2. The van der Waals surface area contributed by atoms with Gasteiger partial charge < -0.3 is 0 Å². The van der Waals surface area contributed by atoms with Gasteiger partial charge in [-0.15, -0.1) is 0 Å². The molecule has 128 valence electrons. The molecule has 0 heterocycles. The van der Waals surface area contributed by atoms with Crippen LogP contribution in [0.3, 0.4) is 0 Å². The summed E-state index contributed by atoms with van der Waals surface area (Å²) in [6.07, 6.45) is -4.02. The molecule has 0 aromatic heterocycles. The zero-order chi connectivity index (χ0) is 18.1. The average molecular weight is 359 g/mol. The molecule has 0 aliphatic rings. The Morgan fingerprint density at radius 3 is 2.25 bits per heavy atom. The largest absolute Gasteiger partial charge is 0.416 e. The fourth-order valence-corrected chi connectivity index (χ4v) is 2.49. The smallest absolute Gasteiger partial charge is 0.258 e. The molecule has 2 aromatic carbocycles. The third-order valence-electron chi connectivity index (χ3n) is 3.58. The van der Waals surface area contributed by atoms with Gasteiger partial charge in [0, 0.05) is 16.4 Å². The van der Waals surface area contributed by atoms with Crippen LogP contribution in [-0.4, -0.2) is 4.92 Å². The lowest BCUT2D eigenvalue weighted by Crippen LogP contribution is -2.04. The predicted molar refractivity (Wildman–Crippen MR) is 85.5 cm³/mol. The lowest BCUT2D eigenvalue weighted by Gasteiger charge is -2.13. The summed E-state index contributed by atoms with van der Waals surface area (Å²) in [5, 5.41) is 10.6. The molecule has 0 bridgehead atoms. The van der Waals surface area contributed by atoms with Crippen LogP contribution in [0.4, 0.5) is 23.2 Å². The maximum Gasteiger partial charge on any atom is 0.416 e. The van der Waals surface area contributed by atoms with Gasteiger partial charge in [-0.25, -0.2) is 4.39 Å². The third kappa shape index (κ3) is 3.69. The summed E-state index contributed by atoms with van der Waals surface area (Å²) in [6, 6.07) is 6.01. The van der Waals surface area contributed by atoms with Crippen molar-refractivity contribution in [3.8, 4) is 11.1 Å². The van der Waals surface area contributed by atoms with Gasteiger partial charge in [-0.05, 0) is 30.2 Å². The lowest BCUT2D eigenvalue weighted by atomic mass is 9.97. The van der Waals surface area contributed by atoms with E-state index in [1.54, 1.807) is 6.92 Å². The molecule has 0 aliphatic carbocycles. The van der Waals surface area contributed by atoms with Crippen molar-refractivity contribution in [2.24, 2.45) is 0 Å². The second kappa shape index (κ2) is 6.80. The highest BCUT2D eigenvalue weighted by atomic mass is 32.1. The van der Waals surface area contributed by atoms with Crippen molar-refractivity contribution in [3.63, 3.8) is 0 Å². The van der Waals surface area contributed by atoms with Crippen molar-refractivity contribution in [3.05, 3.63) is 63.5 Å². The van der Waals surface area contributed by atoms with E-state index in [0.29, 0.717) is 6.42 Å². The van der Waals surface area contributed by atoms with Crippen molar-refractivity contribution in [2.45, 2.75) is 24.8 Å². The Hall–Kier alpha value is -2.09. The molecule has 0 saturated heterocycles. The SMILES string of the molecule is CCC(S)c1cc(-c2ccc(C(F)(F)F)cc2)c(F)cc1[N+](=O)[O-]. The van der Waals surface area contributed by atoms with Crippen LogP contribution in [0, 0.1) is 15.9 Å². The minimum absolute atomic E-state index is 0.00294. The molecular formula is C16H13F4NO2S. The quantitative estimate of drug-likeness (QED) is 0.324. The molecule has 24 heavy (non-hydrogen) atoms. The summed E-state index contributed by atoms with van der Waals surface area (Å²) < 4.78 is 52.0. The standard InChI is InChI=1S/C16H13F4NO2S/c1-2-15(24)12-7-11(13(17)8-14(12)21(22)23)9-3-5-10(6-4-9)16(18,19)20/h3-8,15,24H,2H2,1H3. The first-order chi connectivity index (χ1) is 11.1. The zero-order valence-electron chi connectivity index (χ0n) is 12.5. The highest BCUT2D eigenvalue weighted by molar-refractivity contribution is 7.80. The van der Waals surface area contributed by atoms with E-state index < -0.39 is 33.4 Å². The van der Waals surface area contributed by atoms with E-state index in [1.165, 1.54) is 6.07 Å². The molecule has 0 aliphatic heterocycles. The molecule has 0 radical (unpaired) electrons. The first kappa shape index (κ1) is 18.3. The number of hydrogen-bond donors (Lipinski definition) is 1. The number of halogens is 4. The summed E-state index contributed by atoms with van der Waals surface area (Å²) in [5.74, 6) is -0.873. The van der Waals surface area contributed by atoms with Gasteiger partial charge in [0.15, 0.2) is 0 Å². The minimum atomic E-state index is -4.49. The van der Waals surface area contributed by atoms with Crippen LogP contribution in [0.1, 0.15) is 29.7 Å². The van der Waals surface area contributed by atoms with Gasteiger partial charge in [0.05, 0.1) is 16.6 Å². The molecule has 0 spiro atoms. The Kier molecular flexibility index (Phi) is 5.17. The van der Waals surface area contributed by atoms with Crippen LogP contribution in [-0.2, 0) is 6.18 Å². The van der Waals surface area contributed by atoms with E-state index >= 15 is 0 Å². The third-order valence-corrected chi connectivity index (χ3v) is 4.23. The fourth-order valence-electron chi connectivity index (χ4n) is 2.28. The van der Waals surface area contributed by atoms with E-state index in [2.05, 4.69) is 12.6 Å². The summed E-state index contributed by atoms with van der Waals surface area (Å²) in [4.78, 5) is 10.4. The zero-order valence-corrected chi connectivity index (χ0v) is 13.4. The van der Waals surface area contributed by atoms with E-state index in [-0.39, 0.29) is 16.7 Å². The number of hydrogen-bond acceptors (Lipinski definition) is 3. The summed E-state index contributed by atoms with van der Waals surface area (Å²) in [6.45, 7) is 1.77. The number of nitro groups is 1. The van der Waals surface area contributed by atoms with Gasteiger partial charge in [-0.2, -0.15) is 25.8 Å². The number of nitro benzene ring substituents is 1. The molecule has 0 amide bonds. The second-order valence-electron chi connectivity index (χ2n) is 5.15. The first-order valence-electron chi connectivity index (χ1n) is 6.98. The predicted octanol–water partition coefficient (Wildman–Crippen LogP) is 5.80. The first-order valence-corrected chi connectivity index (χ1v) is 7.50. The van der Waals surface area contributed by atoms with Crippen LogP contribution in [0.15, 0.2) is 36.4 Å². The molecule has 3 nitrogen and oxygen atoms in total. The van der Waals surface area contributed by atoms with Crippen LogP contribution >= 0.6 is 12.6 Å². The summed E-state index contributed by atoms with van der Waals surface area (Å²) in [7, 11) is 0. The number of nitrogens with zero attached hydrogens (tertiary/aromatic N) is 1. The van der Waals surface area contributed by atoms with Crippen LogP contribution in [0.5, 0.6) is 0 Å². The highest BCUT2D eigenvalue weighted by Crippen LogP contribution is 2.37. The second-order valence-corrected chi connectivity index (χ2v) is 5.77. The van der Waals surface area contributed by atoms with Crippen molar-refractivity contribution in [2.75, 3.05) is 0 Å². The van der Waals surface area contributed by atoms with E-state index in [1.807, 2.05) is 0 Å². The molecule has 1 unspecified atom stereocenters. The molecule has 0 saturated carbocycles. The minimum Gasteiger partial charge on any atom is -0.258 e. The topological polar surface area (TPSA) is 43.1 Å². The van der Waals surface area contributed by atoms with Crippen molar-refractivity contribution >= 4 is 18.3 Å². The molecule has 2 rings (SSSR count). The number of alkyl halides is 3. The number of rotatable bonds is 4. The van der Waals surface area contributed by atoms with E-state index in [0.717, 1.165) is 30.3 Å². The van der Waals surface area contributed by atoms with Gasteiger partial charge in [0.2, 0.25) is 0 Å². The van der Waals surface area contributed by atoms with Gasteiger partial charge >= 0.3 is 6.18 Å². The van der Waals surface area contributed by atoms with Gasteiger partial charge in [-0.1, -0.05) is 19.1 Å². The van der Waals surface area contributed by atoms with Gasteiger partial charge in [-0.3, -0.25) is 10.1 Å². The molecular weight excluding hydrogens is 346 g/mol. The van der Waals surface area contributed by atoms with Crippen molar-refractivity contribution in [1.82, 2.24) is 0 Å². The van der Waals surface area contributed by atoms with Gasteiger partial charge in [0.1, 0.15) is 5.82 Å². The molecule has 2 aromatic rings.